The van der Waals surface area contributed by atoms with E-state index in [2.05, 4.69) is 5.32 Å². The molecule has 1 heterocycles. The third-order valence-corrected chi connectivity index (χ3v) is 3.40. The molecule has 5 heteroatoms. The minimum Gasteiger partial charge on any atom is -0.871 e. The van der Waals surface area contributed by atoms with E-state index in [1.165, 1.54) is 12.1 Å². The molecule has 1 aliphatic heterocycles. The summed E-state index contributed by atoms with van der Waals surface area (Å²) >= 11 is 0. The van der Waals surface area contributed by atoms with Gasteiger partial charge >= 0.3 is 0 Å². The second-order valence-electron chi connectivity index (χ2n) is 3.41. The molecule has 0 atom stereocenters. The van der Waals surface area contributed by atoms with Crippen LogP contribution in [-0.2, 0) is 9.84 Å². The van der Waals surface area contributed by atoms with Crippen molar-refractivity contribution in [1.29, 1.82) is 0 Å². The van der Waals surface area contributed by atoms with E-state index < -0.39 is 9.84 Å². The van der Waals surface area contributed by atoms with Gasteiger partial charge in [0.1, 0.15) is 0 Å². The van der Waals surface area contributed by atoms with Gasteiger partial charge in [-0.15, -0.1) is 0 Å². The molecule has 1 aromatic carbocycles. The van der Waals surface area contributed by atoms with Gasteiger partial charge in [0, 0.05) is 24.1 Å². The van der Waals surface area contributed by atoms with Crippen LogP contribution in [0.1, 0.15) is 5.56 Å². The van der Waals surface area contributed by atoms with Gasteiger partial charge in [0.05, 0.1) is 4.90 Å². The molecule has 1 aromatic rings. The SMILES string of the molecule is CS(=O)(=O)c1ccc([O-])c2c1C=CCN2. The molecule has 0 aliphatic carbocycles. The number of hydrogen-bond donors (Lipinski definition) is 1. The molecular weight excluding hydrogens is 214 g/mol. The fraction of sp³-hybridized carbons (Fsp3) is 0.200. The first-order valence-electron chi connectivity index (χ1n) is 4.44. The van der Waals surface area contributed by atoms with Crippen molar-refractivity contribution in [2.75, 3.05) is 18.1 Å². The van der Waals surface area contributed by atoms with Crippen molar-refractivity contribution in [3.05, 3.63) is 23.8 Å². The molecule has 0 unspecified atom stereocenters. The Bertz CT molecular complexity index is 532. The predicted molar refractivity (Wildman–Crippen MR) is 56.5 cm³/mol. The van der Waals surface area contributed by atoms with Gasteiger partial charge in [0.25, 0.3) is 0 Å². The quantitative estimate of drug-likeness (QED) is 0.758. The third kappa shape index (κ3) is 1.70. The largest absolute Gasteiger partial charge is 0.871 e. The van der Waals surface area contributed by atoms with E-state index in [9.17, 15) is 13.5 Å². The van der Waals surface area contributed by atoms with Crippen molar-refractivity contribution in [3.8, 4) is 5.75 Å². The monoisotopic (exact) mass is 224 g/mol. The van der Waals surface area contributed by atoms with Gasteiger partial charge in [0.15, 0.2) is 9.84 Å². The van der Waals surface area contributed by atoms with Crippen LogP contribution in [0, 0.1) is 0 Å². The Hall–Kier alpha value is -1.49. The molecule has 0 amide bonds. The third-order valence-electron chi connectivity index (χ3n) is 2.25. The predicted octanol–water partition coefficient (Wildman–Crippen LogP) is 0.602. The summed E-state index contributed by atoms with van der Waals surface area (Å²) in [5.41, 5.74) is 0.844. The number of anilines is 1. The van der Waals surface area contributed by atoms with Gasteiger partial charge in [-0.25, -0.2) is 8.42 Å². The lowest BCUT2D eigenvalue weighted by molar-refractivity contribution is -0.267. The van der Waals surface area contributed by atoms with Crippen LogP contribution in [0.15, 0.2) is 23.1 Å². The molecule has 0 saturated carbocycles. The van der Waals surface area contributed by atoms with E-state index in [1.807, 2.05) is 0 Å². The summed E-state index contributed by atoms with van der Waals surface area (Å²) < 4.78 is 22.9. The molecule has 0 radical (unpaired) electrons. The van der Waals surface area contributed by atoms with Crippen LogP contribution in [0.2, 0.25) is 0 Å². The standard InChI is InChI=1S/C10H11NO3S/c1-15(13,14)9-5-4-8(12)10-7(9)3-2-6-11-10/h2-5,11-12H,6H2,1H3/p-1. The Kier molecular flexibility index (Phi) is 2.19. The number of rotatable bonds is 1. The van der Waals surface area contributed by atoms with Gasteiger partial charge in [-0.05, 0) is 6.07 Å². The maximum atomic E-state index is 11.5. The fourth-order valence-corrected chi connectivity index (χ4v) is 2.47. The van der Waals surface area contributed by atoms with Gasteiger partial charge in [-0.1, -0.05) is 24.0 Å². The minimum atomic E-state index is -3.29. The minimum absolute atomic E-state index is 0.179. The molecule has 2 rings (SSSR count). The van der Waals surface area contributed by atoms with Crippen molar-refractivity contribution in [2.24, 2.45) is 0 Å². The Balaban J connectivity index is 2.76. The van der Waals surface area contributed by atoms with Crippen LogP contribution in [0.25, 0.3) is 6.08 Å². The molecule has 0 aromatic heterocycles. The number of benzene rings is 1. The number of fused-ring (bicyclic) bond motifs is 1. The summed E-state index contributed by atoms with van der Waals surface area (Å²) in [6.45, 7) is 0.551. The lowest BCUT2D eigenvalue weighted by atomic mass is 10.1. The molecule has 0 bridgehead atoms. The highest BCUT2D eigenvalue weighted by atomic mass is 32.2. The summed E-state index contributed by atoms with van der Waals surface area (Å²) in [5, 5.41) is 14.3. The van der Waals surface area contributed by atoms with Crippen molar-refractivity contribution in [1.82, 2.24) is 0 Å². The Morgan fingerprint density at radius 3 is 2.80 bits per heavy atom. The second-order valence-corrected chi connectivity index (χ2v) is 5.39. The molecular formula is C10H10NO3S-. The molecule has 15 heavy (non-hydrogen) atoms. The molecule has 0 spiro atoms. The van der Waals surface area contributed by atoms with Gasteiger partial charge < -0.3 is 10.4 Å². The number of hydrogen-bond acceptors (Lipinski definition) is 4. The molecule has 4 nitrogen and oxygen atoms in total. The summed E-state index contributed by atoms with van der Waals surface area (Å²) in [5.74, 6) is -0.179. The lowest BCUT2D eigenvalue weighted by Gasteiger charge is -2.22. The number of sulfone groups is 1. The van der Waals surface area contributed by atoms with Gasteiger partial charge in [0.2, 0.25) is 0 Å². The highest BCUT2D eigenvalue weighted by molar-refractivity contribution is 7.90. The Labute approximate surface area is 88.2 Å². The van der Waals surface area contributed by atoms with Crippen LogP contribution in [0.4, 0.5) is 5.69 Å². The molecule has 1 aliphatic rings. The van der Waals surface area contributed by atoms with Gasteiger partial charge in [-0.2, -0.15) is 0 Å². The average molecular weight is 224 g/mol. The zero-order valence-corrected chi connectivity index (χ0v) is 8.97. The van der Waals surface area contributed by atoms with Crippen molar-refractivity contribution in [2.45, 2.75) is 4.90 Å². The van der Waals surface area contributed by atoms with Crippen LogP contribution >= 0.6 is 0 Å². The van der Waals surface area contributed by atoms with Crippen molar-refractivity contribution >= 4 is 21.6 Å². The lowest BCUT2D eigenvalue weighted by Crippen LogP contribution is -2.11. The zero-order chi connectivity index (χ0) is 11.1. The van der Waals surface area contributed by atoms with Crippen molar-refractivity contribution in [3.63, 3.8) is 0 Å². The molecule has 0 saturated heterocycles. The van der Waals surface area contributed by atoms with E-state index >= 15 is 0 Å². The summed E-state index contributed by atoms with van der Waals surface area (Å²) in [4.78, 5) is 0.195. The first kappa shape index (κ1) is 10.0. The normalized spacial score (nSPS) is 14.5. The Morgan fingerprint density at radius 2 is 2.13 bits per heavy atom. The van der Waals surface area contributed by atoms with Crippen LogP contribution in [0.5, 0.6) is 5.75 Å². The maximum Gasteiger partial charge on any atom is 0.176 e. The molecule has 80 valence electrons. The smallest absolute Gasteiger partial charge is 0.176 e. The summed E-state index contributed by atoms with van der Waals surface area (Å²) in [6, 6.07) is 2.63. The number of nitrogens with one attached hydrogen (secondary N) is 1. The Morgan fingerprint density at radius 1 is 1.40 bits per heavy atom. The van der Waals surface area contributed by atoms with E-state index in [-0.39, 0.29) is 10.6 Å². The second kappa shape index (κ2) is 3.27. The highest BCUT2D eigenvalue weighted by Crippen LogP contribution is 2.33. The zero-order valence-electron chi connectivity index (χ0n) is 8.15. The van der Waals surface area contributed by atoms with Crippen LogP contribution in [0.3, 0.4) is 0 Å². The fourth-order valence-electron chi connectivity index (χ4n) is 1.59. The molecule has 0 fully saturated rings. The average Bonchev–Trinajstić information content (AvgIpc) is 2.17. The first-order chi connectivity index (χ1) is 7.00. The van der Waals surface area contributed by atoms with E-state index in [4.69, 9.17) is 0 Å². The van der Waals surface area contributed by atoms with Crippen LogP contribution < -0.4 is 10.4 Å². The summed E-state index contributed by atoms with van der Waals surface area (Å²) in [7, 11) is -3.29. The van der Waals surface area contributed by atoms with E-state index in [1.54, 1.807) is 12.2 Å². The maximum absolute atomic E-state index is 11.5. The first-order valence-corrected chi connectivity index (χ1v) is 6.34. The highest BCUT2D eigenvalue weighted by Gasteiger charge is 2.16. The van der Waals surface area contributed by atoms with Crippen molar-refractivity contribution < 1.29 is 13.5 Å². The van der Waals surface area contributed by atoms with Gasteiger partial charge in [-0.3, -0.25) is 0 Å². The van der Waals surface area contributed by atoms with E-state index in [0.29, 0.717) is 17.8 Å². The topological polar surface area (TPSA) is 69.2 Å². The van der Waals surface area contributed by atoms with Crippen LogP contribution in [-0.4, -0.2) is 21.2 Å². The van der Waals surface area contributed by atoms with E-state index in [0.717, 1.165) is 6.26 Å². The molecule has 1 N–H and O–H groups in total. The summed E-state index contributed by atoms with van der Waals surface area (Å²) in [6.07, 6.45) is 4.59.